The zero-order chi connectivity index (χ0) is 13.4. The first-order chi connectivity index (χ1) is 9.19. The number of halogens is 1. The van der Waals surface area contributed by atoms with Crippen LogP contribution in [-0.2, 0) is 6.42 Å². The summed E-state index contributed by atoms with van der Waals surface area (Å²) in [5.41, 5.74) is 7.83. The molecule has 3 rings (SSSR count). The molecule has 0 saturated carbocycles. The van der Waals surface area contributed by atoms with Gasteiger partial charge >= 0.3 is 0 Å². The van der Waals surface area contributed by atoms with E-state index in [1.807, 2.05) is 6.07 Å². The van der Waals surface area contributed by atoms with Gasteiger partial charge in [-0.15, -0.1) is 11.3 Å². The van der Waals surface area contributed by atoms with Crippen molar-refractivity contribution in [1.29, 1.82) is 0 Å². The molecule has 1 aliphatic rings. The number of rotatable bonds is 2. The van der Waals surface area contributed by atoms with Crippen molar-refractivity contribution in [2.24, 2.45) is 5.73 Å². The Balaban J connectivity index is 2.01. The fraction of sp³-hybridized carbons (Fsp3) is 0.357. The Morgan fingerprint density at radius 2 is 2.32 bits per heavy atom. The molecule has 0 aliphatic heterocycles. The van der Waals surface area contributed by atoms with Crippen molar-refractivity contribution in [2.45, 2.75) is 25.3 Å². The number of benzene rings is 1. The number of fused-ring (bicyclic) bond motifs is 1. The minimum atomic E-state index is -0.363. The lowest BCUT2D eigenvalue weighted by atomic mass is 9.99. The van der Waals surface area contributed by atoms with E-state index in [4.69, 9.17) is 10.5 Å². The van der Waals surface area contributed by atoms with Gasteiger partial charge in [-0.1, -0.05) is 0 Å². The van der Waals surface area contributed by atoms with Gasteiger partial charge in [-0.2, -0.15) is 0 Å². The Morgan fingerprint density at radius 1 is 1.47 bits per heavy atom. The molecule has 1 aliphatic carbocycles. The Kier molecular flexibility index (Phi) is 3.24. The second kappa shape index (κ2) is 4.90. The second-order valence-electron chi connectivity index (χ2n) is 4.68. The van der Waals surface area contributed by atoms with Crippen LogP contribution in [0.1, 0.15) is 29.5 Å². The van der Waals surface area contributed by atoms with Crippen LogP contribution in [0.25, 0.3) is 10.6 Å². The summed E-state index contributed by atoms with van der Waals surface area (Å²) >= 11 is 1.62. The summed E-state index contributed by atoms with van der Waals surface area (Å²) in [6, 6.07) is 4.95. The van der Waals surface area contributed by atoms with E-state index in [-0.39, 0.29) is 17.6 Å². The van der Waals surface area contributed by atoms with E-state index >= 15 is 0 Å². The molecule has 0 spiro atoms. The molecule has 2 aromatic rings. The Hall–Kier alpha value is -1.46. The largest absolute Gasteiger partial charge is 0.494 e. The van der Waals surface area contributed by atoms with Crippen LogP contribution in [0.15, 0.2) is 18.2 Å². The summed E-state index contributed by atoms with van der Waals surface area (Å²) in [4.78, 5) is 5.83. The molecule has 1 heterocycles. The summed E-state index contributed by atoms with van der Waals surface area (Å²) in [6.07, 6.45) is 3.11. The average Bonchev–Trinajstić information content (AvgIpc) is 2.84. The summed E-state index contributed by atoms with van der Waals surface area (Å²) in [5.74, 6) is -0.112. The molecule has 0 amide bonds. The molecule has 100 valence electrons. The third kappa shape index (κ3) is 2.24. The number of thiazole rings is 1. The van der Waals surface area contributed by atoms with E-state index < -0.39 is 0 Å². The van der Waals surface area contributed by atoms with Crippen LogP contribution >= 0.6 is 11.3 Å². The summed E-state index contributed by atoms with van der Waals surface area (Å²) in [5, 5.41) is 0.837. The number of methoxy groups -OCH3 is 1. The molecule has 5 heteroatoms. The highest BCUT2D eigenvalue weighted by molar-refractivity contribution is 7.15. The van der Waals surface area contributed by atoms with Gasteiger partial charge in [0.05, 0.1) is 12.8 Å². The van der Waals surface area contributed by atoms with Gasteiger partial charge in [-0.05, 0) is 37.5 Å². The molecular formula is C14H15FN2OS. The van der Waals surface area contributed by atoms with Gasteiger partial charge in [0, 0.05) is 16.5 Å². The van der Waals surface area contributed by atoms with E-state index in [0.29, 0.717) is 0 Å². The van der Waals surface area contributed by atoms with Crippen molar-refractivity contribution in [2.75, 3.05) is 7.11 Å². The zero-order valence-corrected chi connectivity index (χ0v) is 11.5. The normalized spacial score (nSPS) is 18.2. The third-order valence-corrected chi connectivity index (χ3v) is 4.58. The monoisotopic (exact) mass is 278 g/mol. The van der Waals surface area contributed by atoms with Gasteiger partial charge in [0.2, 0.25) is 0 Å². The number of nitrogens with two attached hydrogens (primary N) is 1. The van der Waals surface area contributed by atoms with Crippen LogP contribution in [-0.4, -0.2) is 12.1 Å². The molecule has 1 aromatic heterocycles. The van der Waals surface area contributed by atoms with Crippen molar-refractivity contribution in [1.82, 2.24) is 4.98 Å². The van der Waals surface area contributed by atoms with E-state index in [0.717, 1.165) is 35.5 Å². The number of aromatic nitrogens is 1. The van der Waals surface area contributed by atoms with Crippen LogP contribution in [0.2, 0.25) is 0 Å². The number of ether oxygens (including phenoxy) is 1. The van der Waals surface area contributed by atoms with Gasteiger partial charge in [0.25, 0.3) is 0 Å². The SMILES string of the molecule is COc1ccc(-c2nc3c(s2)CCCC3N)cc1F. The second-order valence-corrected chi connectivity index (χ2v) is 5.76. The Morgan fingerprint density at radius 3 is 3.00 bits per heavy atom. The minimum Gasteiger partial charge on any atom is -0.494 e. The average molecular weight is 278 g/mol. The highest BCUT2D eigenvalue weighted by atomic mass is 32.1. The van der Waals surface area contributed by atoms with Crippen molar-refractivity contribution >= 4 is 11.3 Å². The minimum absolute atomic E-state index is 0.0249. The molecule has 1 atom stereocenters. The molecule has 19 heavy (non-hydrogen) atoms. The Bertz CT molecular complexity index is 611. The van der Waals surface area contributed by atoms with E-state index in [9.17, 15) is 4.39 Å². The maximum atomic E-state index is 13.7. The van der Waals surface area contributed by atoms with E-state index in [1.54, 1.807) is 17.4 Å². The highest BCUT2D eigenvalue weighted by Crippen LogP contribution is 2.36. The molecule has 0 radical (unpaired) electrons. The highest BCUT2D eigenvalue weighted by Gasteiger charge is 2.22. The van der Waals surface area contributed by atoms with Gasteiger partial charge in [0.15, 0.2) is 11.6 Å². The van der Waals surface area contributed by atoms with Crippen LogP contribution in [0.4, 0.5) is 4.39 Å². The lowest BCUT2D eigenvalue weighted by molar-refractivity contribution is 0.386. The number of aryl methyl sites for hydroxylation is 1. The molecular weight excluding hydrogens is 263 g/mol. The fourth-order valence-corrected chi connectivity index (χ4v) is 3.54. The molecule has 0 fully saturated rings. The Labute approximate surface area is 115 Å². The molecule has 0 saturated heterocycles. The summed E-state index contributed by atoms with van der Waals surface area (Å²) in [7, 11) is 1.46. The van der Waals surface area contributed by atoms with E-state index in [1.165, 1.54) is 18.1 Å². The topological polar surface area (TPSA) is 48.1 Å². The van der Waals surface area contributed by atoms with Gasteiger partial charge < -0.3 is 10.5 Å². The van der Waals surface area contributed by atoms with Crippen LogP contribution in [0.3, 0.4) is 0 Å². The van der Waals surface area contributed by atoms with Crippen molar-refractivity contribution < 1.29 is 9.13 Å². The maximum absolute atomic E-state index is 13.7. The number of hydrogen-bond acceptors (Lipinski definition) is 4. The molecule has 2 N–H and O–H groups in total. The molecule has 1 aromatic carbocycles. The first-order valence-electron chi connectivity index (χ1n) is 6.28. The lowest BCUT2D eigenvalue weighted by Crippen LogP contribution is -2.16. The van der Waals surface area contributed by atoms with Gasteiger partial charge in [0.1, 0.15) is 5.01 Å². The lowest BCUT2D eigenvalue weighted by Gasteiger charge is -2.15. The quantitative estimate of drug-likeness (QED) is 0.917. The number of hydrogen-bond donors (Lipinski definition) is 1. The van der Waals surface area contributed by atoms with Crippen LogP contribution < -0.4 is 10.5 Å². The van der Waals surface area contributed by atoms with Crippen molar-refractivity contribution in [3.05, 3.63) is 34.6 Å². The standard InChI is InChI=1S/C14H15FN2OS/c1-18-11-6-5-8(7-9(11)15)14-17-13-10(16)3-2-4-12(13)19-14/h5-7,10H,2-4,16H2,1H3. The maximum Gasteiger partial charge on any atom is 0.165 e. The predicted molar refractivity (Wildman–Crippen MR) is 73.9 cm³/mol. The van der Waals surface area contributed by atoms with E-state index in [2.05, 4.69) is 4.98 Å². The predicted octanol–water partition coefficient (Wildman–Crippen LogP) is 3.29. The van der Waals surface area contributed by atoms with Crippen molar-refractivity contribution in [3.63, 3.8) is 0 Å². The molecule has 3 nitrogen and oxygen atoms in total. The van der Waals surface area contributed by atoms with Crippen LogP contribution in [0, 0.1) is 5.82 Å². The summed E-state index contributed by atoms with van der Waals surface area (Å²) < 4.78 is 18.6. The zero-order valence-electron chi connectivity index (χ0n) is 10.6. The first kappa shape index (κ1) is 12.6. The third-order valence-electron chi connectivity index (χ3n) is 3.40. The molecule has 1 unspecified atom stereocenters. The van der Waals surface area contributed by atoms with Crippen molar-refractivity contribution in [3.8, 4) is 16.3 Å². The van der Waals surface area contributed by atoms with Gasteiger partial charge in [-0.3, -0.25) is 0 Å². The van der Waals surface area contributed by atoms with Crippen LogP contribution in [0.5, 0.6) is 5.75 Å². The molecule has 0 bridgehead atoms. The van der Waals surface area contributed by atoms with Gasteiger partial charge in [-0.25, -0.2) is 9.37 Å². The summed E-state index contributed by atoms with van der Waals surface area (Å²) in [6.45, 7) is 0. The fourth-order valence-electron chi connectivity index (χ4n) is 2.37. The number of nitrogens with zero attached hydrogens (tertiary/aromatic N) is 1. The first-order valence-corrected chi connectivity index (χ1v) is 7.10. The smallest absolute Gasteiger partial charge is 0.165 e.